The first-order chi connectivity index (χ1) is 9.15. The lowest BCUT2D eigenvalue weighted by atomic mass is 10.1. The largest absolute Gasteiger partial charge is 0.478 e. The lowest BCUT2D eigenvalue weighted by molar-refractivity contribution is 0.0697. The Morgan fingerprint density at radius 1 is 1.21 bits per heavy atom. The molecule has 0 saturated heterocycles. The lowest BCUT2D eigenvalue weighted by Crippen LogP contribution is -1.95. The molecule has 3 aromatic rings. The third-order valence-electron chi connectivity index (χ3n) is 2.93. The van der Waals surface area contributed by atoms with Gasteiger partial charge in [0.15, 0.2) is 0 Å². The van der Waals surface area contributed by atoms with Gasteiger partial charge < -0.3 is 10.8 Å². The smallest absolute Gasteiger partial charge is 0.335 e. The maximum atomic E-state index is 11.0. The van der Waals surface area contributed by atoms with Crippen LogP contribution in [0.4, 0.5) is 5.82 Å². The van der Waals surface area contributed by atoms with E-state index >= 15 is 0 Å². The fourth-order valence-corrected chi connectivity index (χ4v) is 1.98. The van der Waals surface area contributed by atoms with Gasteiger partial charge in [0.05, 0.1) is 11.3 Å². The van der Waals surface area contributed by atoms with Gasteiger partial charge in [0.2, 0.25) is 0 Å². The zero-order valence-corrected chi connectivity index (χ0v) is 9.95. The Bertz CT molecular complexity index is 777. The van der Waals surface area contributed by atoms with Crippen molar-refractivity contribution in [2.75, 3.05) is 5.73 Å². The fraction of sp³-hybridized carbons (Fsp3) is 0. The summed E-state index contributed by atoms with van der Waals surface area (Å²) in [6.45, 7) is 0. The molecule has 3 N–H and O–H groups in total. The van der Waals surface area contributed by atoms with Gasteiger partial charge in [-0.25, -0.2) is 9.78 Å². The Labute approximate surface area is 108 Å². The quantitative estimate of drug-likeness (QED) is 0.734. The highest BCUT2D eigenvalue weighted by Crippen LogP contribution is 2.21. The SMILES string of the molecule is Nc1cccc2nc(-c3cccc(C(=O)O)c3)cn12. The van der Waals surface area contributed by atoms with E-state index in [1.165, 1.54) is 0 Å². The van der Waals surface area contributed by atoms with E-state index in [1.807, 2.05) is 18.2 Å². The normalized spacial score (nSPS) is 10.7. The number of carboxylic acids is 1. The molecule has 0 aliphatic rings. The molecule has 0 bridgehead atoms. The number of aromatic carboxylic acids is 1. The minimum absolute atomic E-state index is 0.238. The zero-order chi connectivity index (χ0) is 13.4. The summed E-state index contributed by atoms with van der Waals surface area (Å²) in [7, 11) is 0. The number of nitrogens with zero attached hydrogens (tertiary/aromatic N) is 2. The van der Waals surface area contributed by atoms with Crippen LogP contribution in [-0.2, 0) is 0 Å². The van der Waals surface area contributed by atoms with E-state index in [0.29, 0.717) is 11.5 Å². The average molecular weight is 253 g/mol. The molecular weight excluding hydrogens is 242 g/mol. The van der Waals surface area contributed by atoms with Crippen molar-refractivity contribution in [1.82, 2.24) is 9.38 Å². The number of carboxylic acid groups (broad SMARTS) is 1. The van der Waals surface area contributed by atoms with Gasteiger partial charge in [0.1, 0.15) is 11.5 Å². The maximum absolute atomic E-state index is 11.0. The number of carbonyl (C=O) groups is 1. The second kappa shape index (κ2) is 4.13. The van der Waals surface area contributed by atoms with Gasteiger partial charge in [-0.3, -0.25) is 4.40 Å². The Kier molecular flexibility index (Phi) is 2.45. The summed E-state index contributed by atoms with van der Waals surface area (Å²) in [4.78, 5) is 15.4. The highest BCUT2D eigenvalue weighted by molar-refractivity contribution is 5.89. The molecule has 0 aliphatic heterocycles. The van der Waals surface area contributed by atoms with Crippen molar-refractivity contribution in [1.29, 1.82) is 0 Å². The molecule has 0 amide bonds. The van der Waals surface area contributed by atoms with Crippen molar-refractivity contribution in [2.45, 2.75) is 0 Å². The third kappa shape index (κ3) is 1.91. The van der Waals surface area contributed by atoms with Crippen molar-refractivity contribution >= 4 is 17.4 Å². The predicted octanol–water partition coefficient (Wildman–Crippen LogP) is 2.28. The van der Waals surface area contributed by atoms with E-state index in [-0.39, 0.29) is 5.56 Å². The Morgan fingerprint density at radius 2 is 2.00 bits per heavy atom. The van der Waals surface area contributed by atoms with Crippen molar-refractivity contribution in [3.05, 3.63) is 54.2 Å². The molecule has 0 saturated carbocycles. The molecule has 3 rings (SSSR count). The summed E-state index contributed by atoms with van der Waals surface area (Å²) < 4.78 is 1.77. The van der Waals surface area contributed by atoms with Crippen LogP contribution in [0.15, 0.2) is 48.7 Å². The standard InChI is InChI=1S/C14H11N3O2/c15-12-5-2-6-13-16-11(8-17(12)13)9-3-1-4-10(7-9)14(18)19/h1-8H,15H2,(H,18,19). The number of hydrogen-bond donors (Lipinski definition) is 2. The number of imidazole rings is 1. The average Bonchev–Trinajstić information content (AvgIpc) is 2.84. The van der Waals surface area contributed by atoms with Gasteiger partial charge in [-0.2, -0.15) is 0 Å². The van der Waals surface area contributed by atoms with E-state index in [0.717, 1.165) is 11.2 Å². The lowest BCUT2D eigenvalue weighted by Gasteiger charge is -1.98. The molecule has 0 aliphatic carbocycles. The minimum atomic E-state index is -0.954. The van der Waals surface area contributed by atoms with Gasteiger partial charge >= 0.3 is 5.97 Å². The van der Waals surface area contributed by atoms with Crippen LogP contribution in [-0.4, -0.2) is 20.5 Å². The van der Waals surface area contributed by atoms with E-state index in [9.17, 15) is 4.79 Å². The minimum Gasteiger partial charge on any atom is -0.478 e. The molecular formula is C14H11N3O2. The Morgan fingerprint density at radius 3 is 2.74 bits per heavy atom. The molecule has 1 aromatic carbocycles. The number of fused-ring (bicyclic) bond motifs is 1. The van der Waals surface area contributed by atoms with Gasteiger partial charge in [-0.1, -0.05) is 18.2 Å². The molecule has 2 aromatic heterocycles. The topological polar surface area (TPSA) is 80.6 Å². The number of rotatable bonds is 2. The third-order valence-corrected chi connectivity index (χ3v) is 2.93. The van der Waals surface area contributed by atoms with E-state index in [2.05, 4.69) is 4.98 Å². The molecule has 0 spiro atoms. The van der Waals surface area contributed by atoms with Crippen LogP contribution in [0, 0.1) is 0 Å². The number of pyridine rings is 1. The van der Waals surface area contributed by atoms with Gasteiger partial charge in [0.25, 0.3) is 0 Å². The fourth-order valence-electron chi connectivity index (χ4n) is 1.98. The molecule has 94 valence electrons. The second-order valence-electron chi connectivity index (χ2n) is 4.19. The Balaban J connectivity index is 2.16. The van der Waals surface area contributed by atoms with Crippen molar-refractivity contribution in [3.63, 3.8) is 0 Å². The van der Waals surface area contributed by atoms with E-state index in [4.69, 9.17) is 10.8 Å². The number of nitrogens with two attached hydrogens (primary N) is 1. The van der Waals surface area contributed by atoms with Crippen LogP contribution in [0.1, 0.15) is 10.4 Å². The van der Waals surface area contributed by atoms with Crippen LogP contribution in [0.3, 0.4) is 0 Å². The van der Waals surface area contributed by atoms with Crippen molar-refractivity contribution in [2.24, 2.45) is 0 Å². The van der Waals surface area contributed by atoms with E-state index in [1.54, 1.807) is 34.9 Å². The number of aromatic nitrogens is 2. The first-order valence-corrected chi connectivity index (χ1v) is 5.72. The molecule has 0 unspecified atom stereocenters. The monoisotopic (exact) mass is 253 g/mol. The van der Waals surface area contributed by atoms with Gasteiger partial charge in [-0.05, 0) is 24.3 Å². The number of anilines is 1. The molecule has 0 fully saturated rings. The summed E-state index contributed by atoms with van der Waals surface area (Å²) in [5.41, 5.74) is 8.27. The highest BCUT2D eigenvalue weighted by atomic mass is 16.4. The van der Waals surface area contributed by atoms with Gasteiger partial charge in [0, 0.05) is 11.8 Å². The first-order valence-electron chi connectivity index (χ1n) is 5.72. The van der Waals surface area contributed by atoms with Crippen LogP contribution in [0.25, 0.3) is 16.9 Å². The summed E-state index contributed by atoms with van der Waals surface area (Å²) in [5.74, 6) is -0.365. The molecule has 0 atom stereocenters. The zero-order valence-electron chi connectivity index (χ0n) is 9.95. The molecule has 2 heterocycles. The summed E-state index contributed by atoms with van der Waals surface area (Å²) in [6, 6.07) is 12.1. The summed E-state index contributed by atoms with van der Waals surface area (Å²) >= 11 is 0. The maximum Gasteiger partial charge on any atom is 0.335 e. The van der Waals surface area contributed by atoms with Gasteiger partial charge in [-0.15, -0.1) is 0 Å². The second-order valence-corrected chi connectivity index (χ2v) is 4.19. The number of hydrogen-bond acceptors (Lipinski definition) is 3. The first kappa shape index (κ1) is 11.3. The number of nitrogen functional groups attached to an aromatic ring is 1. The molecule has 5 heteroatoms. The van der Waals surface area contributed by atoms with Crippen LogP contribution >= 0.6 is 0 Å². The van der Waals surface area contributed by atoms with Crippen molar-refractivity contribution < 1.29 is 9.90 Å². The summed E-state index contributed by atoms with van der Waals surface area (Å²) in [5, 5.41) is 8.99. The predicted molar refractivity (Wildman–Crippen MR) is 72.0 cm³/mol. The molecule has 5 nitrogen and oxygen atoms in total. The highest BCUT2D eigenvalue weighted by Gasteiger charge is 2.08. The van der Waals surface area contributed by atoms with Crippen LogP contribution in [0.2, 0.25) is 0 Å². The van der Waals surface area contributed by atoms with Crippen LogP contribution < -0.4 is 5.73 Å². The Hall–Kier alpha value is -2.82. The number of benzene rings is 1. The summed E-state index contributed by atoms with van der Waals surface area (Å²) in [6.07, 6.45) is 1.80. The molecule has 19 heavy (non-hydrogen) atoms. The van der Waals surface area contributed by atoms with Crippen LogP contribution in [0.5, 0.6) is 0 Å². The van der Waals surface area contributed by atoms with E-state index < -0.39 is 5.97 Å². The van der Waals surface area contributed by atoms with Crippen molar-refractivity contribution in [3.8, 4) is 11.3 Å². The molecule has 0 radical (unpaired) electrons.